The zero-order valence-electron chi connectivity index (χ0n) is 11.2. The molecule has 108 valence electrons. The van der Waals surface area contributed by atoms with Crippen LogP contribution in [0.4, 0.5) is 10.5 Å². The predicted molar refractivity (Wildman–Crippen MR) is 77.4 cm³/mol. The first-order valence-corrected chi connectivity index (χ1v) is 6.95. The molecular weight excluding hydrogens is 280 g/mol. The van der Waals surface area contributed by atoms with Crippen molar-refractivity contribution in [3.05, 3.63) is 28.8 Å². The smallest absolute Gasteiger partial charge is 0.337 e. The minimum Gasteiger partial charge on any atom is -0.478 e. The zero-order valence-corrected chi connectivity index (χ0v) is 12.0. The van der Waals surface area contributed by atoms with Crippen LogP contribution in [0.15, 0.2) is 18.2 Å². The molecule has 0 aliphatic heterocycles. The number of anilines is 1. The van der Waals surface area contributed by atoms with Crippen LogP contribution in [0.2, 0.25) is 5.02 Å². The maximum atomic E-state index is 12.0. The van der Waals surface area contributed by atoms with Gasteiger partial charge in [-0.2, -0.15) is 0 Å². The Kier molecular flexibility index (Phi) is 4.18. The van der Waals surface area contributed by atoms with Gasteiger partial charge >= 0.3 is 12.0 Å². The average Bonchev–Trinajstić information content (AvgIpc) is 2.36. The lowest BCUT2D eigenvalue weighted by Crippen LogP contribution is -2.54. The van der Waals surface area contributed by atoms with Crippen LogP contribution in [-0.2, 0) is 0 Å². The number of rotatable bonds is 4. The number of hydrogen-bond donors (Lipinski definition) is 3. The molecule has 6 heteroatoms. The van der Waals surface area contributed by atoms with Crippen molar-refractivity contribution in [2.45, 2.75) is 38.1 Å². The van der Waals surface area contributed by atoms with Crippen molar-refractivity contribution in [2.24, 2.45) is 0 Å². The van der Waals surface area contributed by atoms with Crippen molar-refractivity contribution in [2.75, 3.05) is 5.32 Å². The molecule has 20 heavy (non-hydrogen) atoms. The van der Waals surface area contributed by atoms with Crippen LogP contribution >= 0.6 is 11.6 Å². The van der Waals surface area contributed by atoms with E-state index < -0.39 is 5.97 Å². The van der Waals surface area contributed by atoms with Crippen molar-refractivity contribution in [1.82, 2.24) is 5.32 Å². The lowest BCUT2D eigenvalue weighted by molar-refractivity contribution is 0.0698. The van der Waals surface area contributed by atoms with Gasteiger partial charge in [0.1, 0.15) is 0 Å². The van der Waals surface area contributed by atoms with E-state index in [1.54, 1.807) is 6.07 Å². The average molecular weight is 297 g/mol. The maximum Gasteiger partial charge on any atom is 0.337 e. The lowest BCUT2D eigenvalue weighted by atomic mass is 9.75. The van der Waals surface area contributed by atoms with E-state index in [-0.39, 0.29) is 22.8 Å². The second kappa shape index (κ2) is 5.71. The first kappa shape index (κ1) is 14.7. The van der Waals surface area contributed by atoms with Crippen molar-refractivity contribution in [3.8, 4) is 0 Å². The molecule has 5 nitrogen and oxygen atoms in total. The van der Waals surface area contributed by atoms with Gasteiger partial charge in [0.15, 0.2) is 0 Å². The first-order valence-electron chi connectivity index (χ1n) is 6.58. The highest BCUT2D eigenvalue weighted by molar-refractivity contribution is 6.31. The molecule has 0 aromatic heterocycles. The third kappa shape index (κ3) is 3.04. The summed E-state index contributed by atoms with van der Waals surface area (Å²) in [5.41, 5.74) is 0.0803. The fraction of sp³-hybridized carbons (Fsp3) is 0.429. The van der Waals surface area contributed by atoms with Crippen LogP contribution in [-0.4, -0.2) is 22.6 Å². The van der Waals surface area contributed by atoms with E-state index in [9.17, 15) is 9.59 Å². The van der Waals surface area contributed by atoms with Crippen LogP contribution in [0.25, 0.3) is 0 Å². The van der Waals surface area contributed by atoms with E-state index in [2.05, 4.69) is 10.6 Å². The number of amides is 2. The summed E-state index contributed by atoms with van der Waals surface area (Å²) in [7, 11) is 0. The normalized spacial score (nSPS) is 16.1. The number of carbonyl (C=O) groups is 2. The van der Waals surface area contributed by atoms with Gasteiger partial charge < -0.3 is 15.7 Å². The summed E-state index contributed by atoms with van der Waals surface area (Å²) < 4.78 is 0. The van der Waals surface area contributed by atoms with Crippen molar-refractivity contribution < 1.29 is 14.7 Å². The van der Waals surface area contributed by atoms with E-state index in [1.165, 1.54) is 12.1 Å². The quantitative estimate of drug-likeness (QED) is 0.796. The topological polar surface area (TPSA) is 78.4 Å². The van der Waals surface area contributed by atoms with Gasteiger partial charge in [0.2, 0.25) is 0 Å². The van der Waals surface area contributed by atoms with Gasteiger partial charge in [0.05, 0.1) is 11.3 Å². The molecule has 1 fully saturated rings. The Balaban J connectivity index is 2.10. The van der Waals surface area contributed by atoms with Crippen LogP contribution in [0.3, 0.4) is 0 Å². The van der Waals surface area contributed by atoms with Gasteiger partial charge in [-0.1, -0.05) is 18.5 Å². The third-order valence-electron chi connectivity index (χ3n) is 3.83. The van der Waals surface area contributed by atoms with Gasteiger partial charge in [-0.05, 0) is 43.9 Å². The molecular formula is C14H17ClN2O3. The summed E-state index contributed by atoms with van der Waals surface area (Å²) >= 11 is 5.77. The first-order chi connectivity index (χ1) is 9.46. The monoisotopic (exact) mass is 296 g/mol. The molecule has 1 aliphatic rings. The van der Waals surface area contributed by atoms with Crippen molar-refractivity contribution in [3.63, 3.8) is 0 Å². The maximum absolute atomic E-state index is 12.0. The second-order valence-corrected chi connectivity index (χ2v) is 5.50. The van der Waals surface area contributed by atoms with E-state index in [0.717, 1.165) is 25.7 Å². The molecule has 1 aliphatic carbocycles. The molecule has 3 N–H and O–H groups in total. The summed E-state index contributed by atoms with van der Waals surface area (Å²) in [5, 5.41) is 14.9. The molecule has 2 amide bonds. The molecule has 0 spiro atoms. The molecule has 0 unspecified atom stereocenters. The molecule has 2 rings (SSSR count). The minimum atomic E-state index is -1.13. The van der Waals surface area contributed by atoms with Gasteiger partial charge in [0.25, 0.3) is 0 Å². The summed E-state index contributed by atoms with van der Waals surface area (Å²) in [6, 6.07) is 3.97. The van der Waals surface area contributed by atoms with E-state index in [1.807, 2.05) is 6.92 Å². The molecule has 1 saturated carbocycles. The highest BCUT2D eigenvalue weighted by atomic mass is 35.5. The summed E-state index contributed by atoms with van der Waals surface area (Å²) in [6.07, 6.45) is 3.90. The molecule has 0 heterocycles. The number of halogens is 1. The van der Waals surface area contributed by atoms with Crippen LogP contribution in [0, 0.1) is 0 Å². The number of carboxylic acids is 1. The summed E-state index contributed by atoms with van der Waals surface area (Å²) in [5.74, 6) is -1.13. The Morgan fingerprint density at radius 2 is 2.10 bits per heavy atom. The van der Waals surface area contributed by atoms with Crippen LogP contribution < -0.4 is 10.6 Å². The Labute approximate surface area is 122 Å². The fourth-order valence-electron chi connectivity index (χ4n) is 2.37. The second-order valence-electron chi connectivity index (χ2n) is 5.06. The highest BCUT2D eigenvalue weighted by Crippen LogP contribution is 2.34. The van der Waals surface area contributed by atoms with Gasteiger partial charge in [-0.25, -0.2) is 9.59 Å². The minimum absolute atomic E-state index is 0.0215. The van der Waals surface area contributed by atoms with Gasteiger partial charge in [-0.15, -0.1) is 0 Å². The summed E-state index contributed by atoms with van der Waals surface area (Å²) in [4.78, 5) is 23.1. The number of benzene rings is 1. The Morgan fingerprint density at radius 3 is 2.60 bits per heavy atom. The van der Waals surface area contributed by atoms with Crippen molar-refractivity contribution >= 4 is 29.3 Å². The Hall–Kier alpha value is -1.75. The number of aromatic carboxylic acids is 1. The Morgan fingerprint density at radius 1 is 1.40 bits per heavy atom. The number of nitrogens with one attached hydrogen (secondary N) is 2. The Bertz CT molecular complexity index is 536. The molecule has 0 atom stereocenters. The molecule has 1 aromatic carbocycles. The number of urea groups is 1. The highest BCUT2D eigenvalue weighted by Gasteiger charge is 2.36. The van der Waals surface area contributed by atoms with Crippen LogP contribution in [0.5, 0.6) is 0 Å². The van der Waals surface area contributed by atoms with Crippen LogP contribution in [0.1, 0.15) is 43.0 Å². The number of hydrogen-bond acceptors (Lipinski definition) is 2. The number of carboxylic acid groups (broad SMARTS) is 1. The van der Waals surface area contributed by atoms with E-state index in [0.29, 0.717) is 5.02 Å². The number of carbonyl (C=O) groups excluding carboxylic acids is 1. The molecule has 0 radical (unpaired) electrons. The van der Waals surface area contributed by atoms with Crippen molar-refractivity contribution in [1.29, 1.82) is 0 Å². The zero-order chi connectivity index (χ0) is 14.8. The SMILES string of the molecule is CCC1(NC(=O)Nc2ccc(Cl)cc2C(=O)O)CCC1. The predicted octanol–water partition coefficient (Wildman–Crippen LogP) is 3.49. The summed E-state index contributed by atoms with van der Waals surface area (Å²) in [6.45, 7) is 2.03. The van der Waals surface area contributed by atoms with Gasteiger partial charge in [-0.3, -0.25) is 0 Å². The van der Waals surface area contributed by atoms with E-state index >= 15 is 0 Å². The molecule has 1 aromatic rings. The lowest BCUT2D eigenvalue weighted by Gasteiger charge is -2.41. The largest absolute Gasteiger partial charge is 0.478 e. The standard InChI is InChI=1S/C14H17ClN2O3/c1-2-14(6-3-7-14)17-13(20)16-11-5-4-9(15)8-10(11)12(18)19/h4-5,8H,2-3,6-7H2,1H3,(H,18,19)(H2,16,17,20). The fourth-order valence-corrected chi connectivity index (χ4v) is 2.54. The third-order valence-corrected chi connectivity index (χ3v) is 4.06. The molecule has 0 bridgehead atoms. The van der Waals surface area contributed by atoms with Gasteiger partial charge in [0, 0.05) is 10.6 Å². The van der Waals surface area contributed by atoms with E-state index in [4.69, 9.17) is 16.7 Å². The molecule has 0 saturated heterocycles.